The first-order valence-electron chi connectivity index (χ1n) is 8.06. The Bertz CT molecular complexity index is 1120. The van der Waals surface area contributed by atoms with Crippen LogP contribution in [0.25, 0.3) is 5.95 Å². The predicted molar refractivity (Wildman–Crippen MR) is 105 cm³/mol. The number of amides is 1. The van der Waals surface area contributed by atoms with Crippen molar-refractivity contribution in [3.63, 3.8) is 0 Å². The molecule has 1 amide bonds. The smallest absolute Gasteiger partial charge is 0.290 e. The van der Waals surface area contributed by atoms with Crippen LogP contribution in [0.3, 0.4) is 0 Å². The molecule has 0 aliphatic heterocycles. The molecule has 1 aromatic carbocycles. The third-order valence-electron chi connectivity index (χ3n) is 3.67. The largest absolute Gasteiger partial charge is 0.496 e. The number of hydrogen-bond acceptors (Lipinski definition) is 7. The Morgan fingerprint density at radius 1 is 1.32 bits per heavy atom. The van der Waals surface area contributed by atoms with Crippen LogP contribution in [0.4, 0.5) is 0 Å². The summed E-state index contributed by atoms with van der Waals surface area (Å²) in [6.45, 7) is 3.25. The van der Waals surface area contributed by atoms with Crippen LogP contribution in [-0.4, -0.2) is 44.2 Å². The highest BCUT2D eigenvalue weighted by atomic mass is 79.9. The van der Waals surface area contributed by atoms with Crippen LogP contribution in [0.1, 0.15) is 27.4 Å². The number of methoxy groups -OCH3 is 1. The molecule has 0 saturated heterocycles. The van der Waals surface area contributed by atoms with Crippen molar-refractivity contribution < 1.29 is 9.53 Å². The van der Waals surface area contributed by atoms with Crippen LogP contribution < -0.4 is 15.7 Å². The van der Waals surface area contributed by atoms with Crippen molar-refractivity contribution in [3.8, 4) is 11.7 Å². The predicted octanol–water partition coefficient (Wildman–Crippen LogP) is 1.50. The molecule has 0 spiro atoms. The number of carbonyl (C=O) groups excluding carboxylic acids is 1. The lowest BCUT2D eigenvalue weighted by atomic mass is 10.2. The number of aryl methyl sites for hydroxylation is 2. The van der Waals surface area contributed by atoms with Crippen molar-refractivity contribution in [2.45, 2.75) is 13.8 Å². The molecule has 0 unspecified atom stereocenters. The third kappa shape index (κ3) is 4.14. The van der Waals surface area contributed by atoms with Gasteiger partial charge in [-0.05, 0) is 59.6 Å². The van der Waals surface area contributed by atoms with Crippen LogP contribution in [0.2, 0.25) is 0 Å². The minimum Gasteiger partial charge on any atom is -0.496 e. The van der Waals surface area contributed by atoms with E-state index in [1.165, 1.54) is 17.8 Å². The molecule has 0 bridgehead atoms. The number of aromatic nitrogens is 5. The van der Waals surface area contributed by atoms with Gasteiger partial charge in [0.05, 0.1) is 23.5 Å². The van der Waals surface area contributed by atoms with Gasteiger partial charge in [-0.2, -0.15) is 14.9 Å². The monoisotopic (exact) mass is 445 g/mol. The van der Waals surface area contributed by atoms with Gasteiger partial charge in [0.25, 0.3) is 17.4 Å². The zero-order valence-electron chi connectivity index (χ0n) is 15.2. The number of nitrogens with one attached hydrogen (secondary N) is 2. The van der Waals surface area contributed by atoms with E-state index in [2.05, 4.69) is 46.7 Å². The highest BCUT2D eigenvalue weighted by molar-refractivity contribution is 9.10. The fraction of sp³-hybridized carbons (Fsp3) is 0.176. The Morgan fingerprint density at radius 3 is 2.79 bits per heavy atom. The van der Waals surface area contributed by atoms with Crippen molar-refractivity contribution in [2.24, 2.45) is 5.10 Å². The molecule has 10 nitrogen and oxygen atoms in total. The average molecular weight is 446 g/mol. The molecule has 0 aliphatic carbocycles. The number of nitrogens with zero attached hydrogens (tertiary/aromatic N) is 5. The standard InChI is InChI=1S/C17H16BrN7O3/c1-9-6-13(25(24-9)17-20-15(26)10(2)21-23-17)16(27)22-19-8-11-4-5-14(28-3)12(18)7-11/h4-8H,1-3H3,(H,22,27)(H,20,23,26)/b19-8-. The third-order valence-corrected chi connectivity index (χ3v) is 4.29. The van der Waals surface area contributed by atoms with Crippen molar-refractivity contribution in [2.75, 3.05) is 7.11 Å². The lowest BCUT2D eigenvalue weighted by Gasteiger charge is -2.05. The van der Waals surface area contributed by atoms with Gasteiger partial charge in [-0.15, -0.1) is 10.2 Å². The Kier molecular flexibility index (Phi) is 5.64. The summed E-state index contributed by atoms with van der Waals surface area (Å²) >= 11 is 3.39. The zero-order valence-corrected chi connectivity index (χ0v) is 16.8. The van der Waals surface area contributed by atoms with Crippen LogP contribution >= 0.6 is 15.9 Å². The molecule has 3 aromatic rings. The summed E-state index contributed by atoms with van der Waals surface area (Å²) in [5.41, 5.74) is 3.71. The maximum atomic E-state index is 12.5. The van der Waals surface area contributed by atoms with E-state index in [0.29, 0.717) is 11.4 Å². The van der Waals surface area contributed by atoms with E-state index >= 15 is 0 Å². The van der Waals surface area contributed by atoms with Crippen LogP contribution in [0, 0.1) is 13.8 Å². The fourth-order valence-corrected chi connectivity index (χ4v) is 2.85. The van der Waals surface area contributed by atoms with Gasteiger partial charge >= 0.3 is 0 Å². The average Bonchev–Trinajstić information content (AvgIpc) is 3.06. The Hall–Kier alpha value is -3.34. The first-order valence-corrected chi connectivity index (χ1v) is 8.86. The summed E-state index contributed by atoms with van der Waals surface area (Å²) in [4.78, 5) is 26.8. The number of hydrogen-bond donors (Lipinski definition) is 2. The zero-order chi connectivity index (χ0) is 20.3. The fourth-order valence-electron chi connectivity index (χ4n) is 2.29. The number of ether oxygens (including phenoxy) is 1. The molecule has 0 saturated carbocycles. The first kappa shape index (κ1) is 19.4. The number of carbonyl (C=O) groups is 1. The summed E-state index contributed by atoms with van der Waals surface area (Å²) < 4.78 is 7.14. The van der Waals surface area contributed by atoms with Gasteiger partial charge in [-0.25, -0.2) is 5.43 Å². The van der Waals surface area contributed by atoms with Crippen LogP contribution in [0.5, 0.6) is 5.75 Å². The van der Waals surface area contributed by atoms with E-state index in [4.69, 9.17) is 4.74 Å². The number of halogens is 1. The van der Waals surface area contributed by atoms with Gasteiger partial charge in [0.1, 0.15) is 17.1 Å². The number of H-pyrrole nitrogens is 1. The van der Waals surface area contributed by atoms with E-state index in [1.54, 1.807) is 38.3 Å². The first-order chi connectivity index (χ1) is 13.4. The molecule has 3 rings (SSSR count). The molecular formula is C17H16BrN7O3. The van der Waals surface area contributed by atoms with Gasteiger partial charge in [0, 0.05) is 0 Å². The summed E-state index contributed by atoms with van der Waals surface area (Å²) in [7, 11) is 1.57. The maximum absolute atomic E-state index is 12.5. The maximum Gasteiger partial charge on any atom is 0.290 e. The molecule has 0 radical (unpaired) electrons. The molecule has 0 atom stereocenters. The van der Waals surface area contributed by atoms with Crippen molar-refractivity contribution in [1.29, 1.82) is 0 Å². The minimum absolute atomic E-state index is 0.0388. The SMILES string of the molecule is COc1ccc(/C=N\NC(=O)c2cc(C)nn2-c2nnc(C)c(=O)[nH]2)cc1Br. The Labute approximate surface area is 167 Å². The van der Waals surface area contributed by atoms with E-state index in [9.17, 15) is 9.59 Å². The summed E-state index contributed by atoms with van der Waals surface area (Å²) in [5.74, 6) is 0.207. The second-order valence-electron chi connectivity index (χ2n) is 5.74. The molecule has 28 heavy (non-hydrogen) atoms. The number of aromatic amines is 1. The second-order valence-corrected chi connectivity index (χ2v) is 6.59. The molecule has 2 heterocycles. The van der Waals surface area contributed by atoms with E-state index in [0.717, 1.165) is 10.0 Å². The Morgan fingerprint density at radius 2 is 2.11 bits per heavy atom. The van der Waals surface area contributed by atoms with Gasteiger partial charge in [-0.3, -0.25) is 14.6 Å². The lowest BCUT2D eigenvalue weighted by Crippen LogP contribution is -2.24. The van der Waals surface area contributed by atoms with Crippen molar-refractivity contribution >= 4 is 28.1 Å². The summed E-state index contributed by atoms with van der Waals surface area (Å²) in [5, 5.41) is 15.8. The van der Waals surface area contributed by atoms with Gasteiger partial charge in [0.2, 0.25) is 0 Å². The molecule has 2 aromatic heterocycles. The normalized spacial score (nSPS) is 11.0. The van der Waals surface area contributed by atoms with Gasteiger partial charge in [0.15, 0.2) is 0 Å². The highest BCUT2D eigenvalue weighted by Crippen LogP contribution is 2.24. The molecule has 2 N–H and O–H groups in total. The molecule has 11 heteroatoms. The van der Waals surface area contributed by atoms with E-state index < -0.39 is 11.5 Å². The van der Waals surface area contributed by atoms with E-state index in [1.807, 2.05) is 0 Å². The van der Waals surface area contributed by atoms with Crippen LogP contribution in [0.15, 0.2) is 38.6 Å². The summed E-state index contributed by atoms with van der Waals surface area (Å²) in [6.07, 6.45) is 1.49. The quantitative estimate of drug-likeness (QED) is 0.452. The van der Waals surface area contributed by atoms with Crippen LogP contribution in [-0.2, 0) is 0 Å². The second kappa shape index (κ2) is 8.13. The number of rotatable bonds is 5. The topological polar surface area (TPSA) is 127 Å². The molecule has 0 aliphatic rings. The Balaban J connectivity index is 1.80. The molecule has 0 fully saturated rings. The highest BCUT2D eigenvalue weighted by Gasteiger charge is 2.17. The minimum atomic E-state index is -0.521. The van der Waals surface area contributed by atoms with E-state index in [-0.39, 0.29) is 17.3 Å². The van der Waals surface area contributed by atoms with Gasteiger partial charge in [-0.1, -0.05) is 0 Å². The summed E-state index contributed by atoms with van der Waals surface area (Å²) in [6, 6.07) is 6.92. The van der Waals surface area contributed by atoms with Crippen molar-refractivity contribution in [1.82, 2.24) is 30.4 Å². The molecular weight excluding hydrogens is 430 g/mol. The lowest BCUT2D eigenvalue weighted by molar-refractivity contribution is 0.0947. The number of hydrazone groups is 1. The number of benzene rings is 1. The van der Waals surface area contributed by atoms with Gasteiger partial charge < -0.3 is 4.74 Å². The molecule has 144 valence electrons. The van der Waals surface area contributed by atoms with Crippen molar-refractivity contribution in [3.05, 3.63) is 61.7 Å².